The maximum Gasteiger partial charge on any atom is 0.337 e. The minimum absolute atomic E-state index is 0.103. The number of furan rings is 1. The van der Waals surface area contributed by atoms with Crippen LogP contribution in [0.4, 0.5) is 11.4 Å². The number of aryl methyl sites for hydroxylation is 1. The molecule has 1 fully saturated rings. The molecule has 8 nitrogen and oxygen atoms in total. The molecule has 10 heteroatoms. The molecule has 2 N–H and O–H groups in total. The number of nitrogens with one attached hydrogen (secondary N) is 2. The first-order valence-electron chi connectivity index (χ1n) is 12.1. The van der Waals surface area contributed by atoms with Gasteiger partial charge in [0, 0.05) is 42.8 Å². The van der Waals surface area contributed by atoms with Crippen molar-refractivity contribution in [2.75, 3.05) is 50.6 Å². The van der Waals surface area contributed by atoms with Gasteiger partial charge < -0.3 is 24.3 Å². The van der Waals surface area contributed by atoms with E-state index in [-0.39, 0.29) is 5.11 Å². The van der Waals surface area contributed by atoms with E-state index in [9.17, 15) is 9.59 Å². The second-order valence-electron chi connectivity index (χ2n) is 8.96. The minimum Gasteiger partial charge on any atom is -0.465 e. The fraction of sp³-hybridized carbons (Fsp3) is 0.250. The van der Waals surface area contributed by atoms with Gasteiger partial charge in [0.1, 0.15) is 11.5 Å². The van der Waals surface area contributed by atoms with E-state index in [1.807, 2.05) is 37.3 Å². The summed E-state index contributed by atoms with van der Waals surface area (Å²) in [5.74, 6) is 0.269. The lowest BCUT2D eigenvalue weighted by Crippen LogP contribution is -2.45. The number of piperazine rings is 1. The van der Waals surface area contributed by atoms with Gasteiger partial charge in [-0.15, -0.1) is 0 Å². The summed E-state index contributed by atoms with van der Waals surface area (Å²) in [4.78, 5) is 29.1. The number of hydrogen-bond donors (Lipinski definition) is 2. The first-order chi connectivity index (χ1) is 18.2. The Balaban J connectivity index is 1.42. The van der Waals surface area contributed by atoms with Crippen molar-refractivity contribution in [3.63, 3.8) is 0 Å². The number of carbonyl (C=O) groups excluding carboxylic acids is 2. The molecule has 198 valence electrons. The molecule has 0 spiro atoms. The van der Waals surface area contributed by atoms with Crippen molar-refractivity contribution < 1.29 is 18.7 Å². The summed E-state index contributed by atoms with van der Waals surface area (Å²) < 4.78 is 10.7. The molecule has 0 unspecified atom stereocenters. The zero-order valence-electron chi connectivity index (χ0n) is 21.4. The number of amides is 1. The molecule has 1 aliphatic rings. The highest BCUT2D eigenvalue weighted by Gasteiger charge is 2.19. The molecule has 1 aliphatic heterocycles. The summed E-state index contributed by atoms with van der Waals surface area (Å²) in [6, 6.07) is 14.5. The molecule has 0 bridgehead atoms. The van der Waals surface area contributed by atoms with E-state index in [1.165, 1.54) is 13.2 Å². The number of likely N-dealkylation sites (N-methyl/N-ethyl adjacent to an activating group) is 1. The van der Waals surface area contributed by atoms with E-state index < -0.39 is 11.9 Å². The predicted octanol–water partition coefficient (Wildman–Crippen LogP) is 4.97. The summed E-state index contributed by atoms with van der Waals surface area (Å²) in [6.45, 7) is 5.41. The highest BCUT2D eigenvalue weighted by atomic mass is 35.5. The monoisotopic (exact) mass is 552 g/mol. The zero-order valence-corrected chi connectivity index (χ0v) is 23.0. The Hall–Kier alpha value is -3.66. The maximum atomic E-state index is 12.5. The van der Waals surface area contributed by atoms with E-state index in [2.05, 4.69) is 27.5 Å². The van der Waals surface area contributed by atoms with Crippen LogP contribution in [0.1, 0.15) is 21.7 Å². The third-order valence-electron chi connectivity index (χ3n) is 6.23. The van der Waals surface area contributed by atoms with Crippen LogP contribution < -0.4 is 15.5 Å². The number of nitrogens with zero attached hydrogens (tertiary/aromatic N) is 2. The fourth-order valence-corrected chi connectivity index (χ4v) is 4.40. The molecule has 1 aromatic heterocycles. The number of ether oxygens (including phenoxy) is 1. The molecule has 38 heavy (non-hydrogen) atoms. The molecule has 0 radical (unpaired) electrons. The molecule has 0 saturated carbocycles. The quantitative estimate of drug-likeness (QED) is 0.252. The second-order valence-corrected chi connectivity index (χ2v) is 9.77. The number of hydrogen-bond acceptors (Lipinski definition) is 7. The lowest BCUT2D eigenvalue weighted by atomic mass is 10.1. The Morgan fingerprint density at radius 1 is 1.08 bits per heavy atom. The van der Waals surface area contributed by atoms with Crippen LogP contribution in [0.3, 0.4) is 0 Å². The van der Waals surface area contributed by atoms with Crippen molar-refractivity contribution in [1.29, 1.82) is 0 Å². The topological polar surface area (TPSA) is 87.0 Å². The summed E-state index contributed by atoms with van der Waals surface area (Å²) in [6.07, 6.45) is 2.90. The van der Waals surface area contributed by atoms with Gasteiger partial charge in [0.2, 0.25) is 5.91 Å². The molecule has 4 rings (SSSR count). The van der Waals surface area contributed by atoms with Crippen LogP contribution in [0, 0.1) is 6.92 Å². The molecular formula is C28H29ClN4O4S. The molecule has 1 amide bonds. The van der Waals surface area contributed by atoms with Crippen molar-refractivity contribution in [3.8, 4) is 11.3 Å². The van der Waals surface area contributed by atoms with Crippen molar-refractivity contribution >= 4 is 58.3 Å². The Labute approximate surface area is 232 Å². The van der Waals surface area contributed by atoms with E-state index in [0.717, 1.165) is 43.0 Å². The number of esters is 1. The van der Waals surface area contributed by atoms with Crippen LogP contribution in [-0.4, -0.2) is 62.2 Å². The van der Waals surface area contributed by atoms with Crippen LogP contribution >= 0.6 is 23.8 Å². The summed E-state index contributed by atoms with van der Waals surface area (Å²) >= 11 is 11.6. The Bertz CT molecular complexity index is 1380. The number of benzene rings is 2. The number of anilines is 2. The third kappa shape index (κ3) is 6.80. The lowest BCUT2D eigenvalue weighted by molar-refractivity contribution is -0.115. The van der Waals surface area contributed by atoms with Gasteiger partial charge in [0.05, 0.1) is 24.0 Å². The Kier molecular flexibility index (Phi) is 8.83. The second kappa shape index (κ2) is 12.3. The maximum absolute atomic E-state index is 12.5. The van der Waals surface area contributed by atoms with E-state index >= 15 is 0 Å². The fourth-order valence-electron chi connectivity index (χ4n) is 4.01. The SMILES string of the molecule is COC(=O)c1ccc(N2CCN(C)CC2)c(NC(=S)NC(=O)/C=C/c2ccc(-c3ccc(C)c(Cl)c3)o2)c1. The smallest absolute Gasteiger partial charge is 0.337 e. The van der Waals surface area contributed by atoms with Gasteiger partial charge in [-0.05, 0) is 74.2 Å². The lowest BCUT2D eigenvalue weighted by Gasteiger charge is -2.35. The Morgan fingerprint density at radius 2 is 1.84 bits per heavy atom. The van der Waals surface area contributed by atoms with E-state index in [1.54, 1.807) is 24.3 Å². The largest absolute Gasteiger partial charge is 0.465 e. The van der Waals surface area contributed by atoms with Crippen molar-refractivity contribution in [3.05, 3.63) is 76.5 Å². The van der Waals surface area contributed by atoms with Crippen molar-refractivity contribution in [2.24, 2.45) is 0 Å². The molecule has 2 heterocycles. The zero-order chi connectivity index (χ0) is 27.2. The van der Waals surface area contributed by atoms with Crippen LogP contribution in [-0.2, 0) is 9.53 Å². The standard InChI is InChI=1S/C28H29ClN4O4S/c1-18-4-5-19(16-22(18)29)25-10-7-21(37-25)8-11-26(34)31-28(38)30-23-17-20(27(35)36-3)6-9-24(23)33-14-12-32(2)13-15-33/h4-11,16-17H,12-15H2,1-3H3,(H2,30,31,34,38)/b11-8+. The van der Waals surface area contributed by atoms with E-state index in [0.29, 0.717) is 27.8 Å². The third-order valence-corrected chi connectivity index (χ3v) is 6.84. The number of halogens is 1. The average molecular weight is 553 g/mol. The van der Waals surface area contributed by atoms with Crippen LogP contribution in [0.25, 0.3) is 17.4 Å². The normalized spacial score (nSPS) is 13.9. The van der Waals surface area contributed by atoms with Crippen LogP contribution in [0.2, 0.25) is 5.02 Å². The van der Waals surface area contributed by atoms with Gasteiger partial charge in [0.15, 0.2) is 5.11 Å². The molecule has 0 atom stereocenters. The summed E-state index contributed by atoms with van der Waals surface area (Å²) in [5.41, 5.74) is 3.71. The van der Waals surface area contributed by atoms with E-state index in [4.69, 9.17) is 33.0 Å². The molecular weight excluding hydrogens is 524 g/mol. The van der Waals surface area contributed by atoms with Crippen LogP contribution in [0.5, 0.6) is 0 Å². The van der Waals surface area contributed by atoms with Gasteiger partial charge in [0.25, 0.3) is 0 Å². The number of thiocarbonyl (C=S) groups is 1. The van der Waals surface area contributed by atoms with Gasteiger partial charge in [-0.3, -0.25) is 10.1 Å². The first kappa shape index (κ1) is 27.4. The summed E-state index contributed by atoms with van der Waals surface area (Å²) in [5, 5.41) is 6.47. The molecule has 2 aromatic carbocycles. The van der Waals surface area contributed by atoms with Gasteiger partial charge in [-0.2, -0.15) is 0 Å². The molecule has 3 aromatic rings. The van der Waals surface area contributed by atoms with Crippen molar-refractivity contribution in [2.45, 2.75) is 6.92 Å². The van der Waals surface area contributed by atoms with Gasteiger partial charge in [-0.1, -0.05) is 23.7 Å². The number of carbonyl (C=O) groups is 2. The average Bonchev–Trinajstić information content (AvgIpc) is 3.38. The molecule has 0 aliphatic carbocycles. The van der Waals surface area contributed by atoms with Gasteiger partial charge in [-0.25, -0.2) is 4.79 Å². The first-order valence-corrected chi connectivity index (χ1v) is 12.8. The highest BCUT2D eigenvalue weighted by Crippen LogP contribution is 2.29. The Morgan fingerprint density at radius 3 is 2.55 bits per heavy atom. The van der Waals surface area contributed by atoms with Gasteiger partial charge >= 0.3 is 5.97 Å². The number of methoxy groups -OCH3 is 1. The highest BCUT2D eigenvalue weighted by molar-refractivity contribution is 7.80. The van der Waals surface area contributed by atoms with Crippen molar-refractivity contribution in [1.82, 2.24) is 10.2 Å². The minimum atomic E-state index is -0.457. The summed E-state index contributed by atoms with van der Waals surface area (Å²) in [7, 11) is 3.41. The number of rotatable bonds is 6. The predicted molar refractivity (Wildman–Crippen MR) is 155 cm³/mol. The van der Waals surface area contributed by atoms with Crippen LogP contribution in [0.15, 0.2) is 59.0 Å². The molecule has 1 saturated heterocycles.